The number of alkyl carbamates (subject to hydrolysis) is 1. The third-order valence-corrected chi connectivity index (χ3v) is 12.1. The Hall–Kier alpha value is -3.27. The number of carbonyl (C=O) groups is 2. The first kappa shape index (κ1) is 37.5. The second-order valence-electron chi connectivity index (χ2n) is 13.7. The molecule has 2 atom stereocenters. The summed E-state index contributed by atoms with van der Waals surface area (Å²) in [4.78, 5) is 34.9. The van der Waals surface area contributed by atoms with E-state index in [0.717, 1.165) is 81.7 Å². The number of hydrogen-bond donors (Lipinski definition) is 1. The number of thioether (sulfide) groups is 1. The van der Waals surface area contributed by atoms with Gasteiger partial charge in [-0.15, -0.1) is 23.4 Å². The van der Waals surface area contributed by atoms with Crippen molar-refractivity contribution in [1.82, 2.24) is 20.0 Å². The van der Waals surface area contributed by atoms with Crippen molar-refractivity contribution in [3.8, 4) is 0 Å². The molecule has 3 aromatic carbocycles. The van der Waals surface area contributed by atoms with Gasteiger partial charge in [0.15, 0.2) is 0 Å². The Morgan fingerprint density at radius 2 is 1.63 bits per heavy atom. The molecule has 0 aromatic heterocycles. The van der Waals surface area contributed by atoms with E-state index in [2.05, 4.69) is 63.9 Å². The summed E-state index contributed by atoms with van der Waals surface area (Å²) in [6.45, 7) is 6.38. The Balaban J connectivity index is 1.06. The number of nitrogens with zero attached hydrogens (tertiary/aromatic N) is 3. The molecule has 0 bridgehead atoms. The number of amides is 2. The SMILES string of the molecule is CSc1ccccc1CN1CCN(C(=O)[C@H](NC(=O)OCc2ccccc2)C2CCN(CCC3(Cl)CC=CC=C3c3ccc(Cl)cc3)CC2)CC1. The van der Waals surface area contributed by atoms with Crippen molar-refractivity contribution in [2.75, 3.05) is 52.1 Å². The van der Waals surface area contributed by atoms with Crippen molar-refractivity contribution < 1.29 is 14.3 Å². The molecule has 270 valence electrons. The summed E-state index contributed by atoms with van der Waals surface area (Å²) in [5.74, 6) is -0.00247. The van der Waals surface area contributed by atoms with Gasteiger partial charge in [-0.2, -0.15) is 0 Å². The first-order valence-electron chi connectivity index (χ1n) is 18.0. The maximum absolute atomic E-state index is 14.2. The highest BCUT2D eigenvalue weighted by Crippen LogP contribution is 2.42. The molecule has 1 aliphatic carbocycles. The topological polar surface area (TPSA) is 65.1 Å². The minimum atomic E-state index is -0.638. The van der Waals surface area contributed by atoms with Crippen LogP contribution in [0.3, 0.4) is 0 Å². The number of nitrogens with one attached hydrogen (secondary N) is 1. The molecular formula is C41H48Cl2N4O3S. The van der Waals surface area contributed by atoms with Gasteiger partial charge in [-0.1, -0.05) is 90.5 Å². The summed E-state index contributed by atoms with van der Waals surface area (Å²) < 4.78 is 5.61. The molecule has 2 amide bonds. The number of rotatable bonds is 12. The summed E-state index contributed by atoms with van der Waals surface area (Å²) >= 11 is 15.3. The second kappa shape index (κ2) is 18.0. The maximum Gasteiger partial charge on any atom is 0.408 e. The van der Waals surface area contributed by atoms with Crippen molar-refractivity contribution in [3.05, 3.63) is 119 Å². The van der Waals surface area contributed by atoms with Crippen LogP contribution in [0.1, 0.15) is 42.4 Å². The van der Waals surface area contributed by atoms with E-state index in [1.165, 1.54) is 10.5 Å². The first-order valence-corrected chi connectivity index (χ1v) is 19.9. The van der Waals surface area contributed by atoms with E-state index in [0.29, 0.717) is 18.1 Å². The smallest absolute Gasteiger partial charge is 0.408 e. The van der Waals surface area contributed by atoms with Crippen LogP contribution in [0.25, 0.3) is 5.57 Å². The van der Waals surface area contributed by atoms with Crippen molar-refractivity contribution in [2.45, 2.75) is 54.6 Å². The van der Waals surface area contributed by atoms with Gasteiger partial charge in [-0.3, -0.25) is 9.69 Å². The van der Waals surface area contributed by atoms with E-state index in [4.69, 9.17) is 27.9 Å². The van der Waals surface area contributed by atoms with E-state index in [1.54, 1.807) is 11.8 Å². The van der Waals surface area contributed by atoms with Gasteiger partial charge in [-0.05, 0) is 91.4 Å². The molecule has 1 N–H and O–H groups in total. The van der Waals surface area contributed by atoms with E-state index in [9.17, 15) is 9.59 Å². The lowest BCUT2D eigenvalue weighted by Crippen LogP contribution is -2.58. The molecule has 6 rings (SSSR count). The number of ether oxygens (including phenoxy) is 1. The van der Waals surface area contributed by atoms with E-state index < -0.39 is 17.0 Å². The number of alkyl halides is 1. The molecule has 1 unspecified atom stereocenters. The summed E-state index contributed by atoms with van der Waals surface area (Å²) in [5.41, 5.74) is 4.43. The van der Waals surface area contributed by atoms with Gasteiger partial charge >= 0.3 is 6.09 Å². The van der Waals surface area contributed by atoms with Crippen LogP contribution < -0.4 is 5.32 Å². The van der Waals surface area contributed by atoms with Crippen LogP contribution in [-0.2, 0) is 22.7 Å². The van der Waals surface area contributed by atoms with Gasteiger partial charge in [0.25, 0.3) is 0 Å². The Kier molecular flexibility index (Phi) is 13.2. The predicted molar refractivity (Wildman–Crippen MR) is 209 cm³/mol. The number of halogens is 2. The quantitative estimate of drug-likeness (QED) is 0.149. The number of benzene rings is 3. The van der Waals surface area contributed by atoms with E-state index >= 15 is 0 Å². The molecule has 3 aromatic rings. The molecule has 2 saturated heterocycles. The average molecular weight is 748 g/mol. The largest absolute Gasteiger partial charge is 0.445 e. The van der Waals surface area contributed by atoms with Crippen LogP contribution in [0.5, 0.6) is 0 Å². The molecule has 0 saturated carbocycles. The summed E-state index contributed by atoms with van der Waals surface area (Å²) in [5, 5.41) is 3.73. The lowest BCUT2D eigenvalue weighted by molar-refractivity contribution is -0.137. The number of piperidine rings is 1. The Labute approximate surface area is 317 Å². The number of allylic oxidation sites excluding steroid dienone is 4. The fourth-order valence-electron chi connectivity index (χ4n) is 7.42. The predicted octanol–water partition coefficient (Wildman–Crippen LogP) is 8.12. The fourth-order valence-corrected chi connectivity index (χ4v) is 8.50. The summed E-state index contributed by atoms with van der Waals surface area (Å²) in [6.07, 6.45) is 11.1. The highest BCUT2D eigenvalue weighted by atomic mass is 35.5. The molecule has 2 aliphatic heterocycles. The Morgan fingerprint density at radius 1 is 0.922 bits per heavy atom. The van der Waals surface area contributed by atoms with Crippen molar-refractivity contribution >= 4 is 52.5 Å². The molecule has 7 nitrogen and oxygen atoms in total. The molecule has 10 heteroatoms. The number of carbonyl (C=O) groups excluding carboxylic acids is 2. The maximum atomic E-state index is 14.2. The third kappa shape index (κ3) is 9.99. The first-order chi connectivity index (χ1) is 24.8. The highest BCUT2D eigenvalue weighted by molar-refractivity contribution is 7.98. The van der Waals surface area contributed by atoms with Crippen LogP contribution in [0, 0.1) is 5.92 Å². The van der Waals surface area contributed by atoms with Gasteiger partial charge in [-0.25, -0.2) is 4.79 Å². The van der Waals surface area contributed by atoms with Gasteiger partial charge < -0.3 is 19.9 Å². The number of piperazine rings is 1. The van der Waals surface area contributed by atoms with Crippen molar-refractivity contribution in [3.63, 3.8) is 0 Å². The second-order valence-corrected chi connectivity index (χ2v) is 15.7. The van der Waals surface area contributed by atoms with Crippen molar-refractivity contribution in [1.29, 1.82) is 0 Å². The lowest BCUT2D eigenvalue weighted by atomic mass is 9.83. The zero-order chi connectivity index (χ0) is 35.6. The molecule has 2 fully saturated rings. The van der Waals surface area contributed by atoms with Gasteiger partial charge in [0, 0.05) is 49.2 Å². The lowest BCUT2D eigenvalue weighted by Gasteiger charge is -2.41. The standard InChI is InChI=1S/C41H48Cl2N4O3S/c1-51-37-13-6-5-11-34(37)29-46-25-27-47(28-26-46)39(48)38(44-40(49)50-30-31-9-3-2-4-10-31)33-18-22-45(23-19-33)24-21-41(43)20-8-7-12-36(41)32-14-16-35(42)17-15-32/h2-17,33,38H,18-30H2,1H3,(H,44,49)/t38-,41?/m1/s1. The van der Waals surface area contributed by atoms with Gasteiger partial charge in [0.1, 0.15) is 12.6 Å². The zero-order valence-corrected chi connectivity index (χ0v) is 31.6. The zero-order valence-electron chi connectivity index (χ0n) is 29.3. The van der Waals surface area contributed by atoms with Gasteiger partial charge in [0.2, 0.25) is 5.91 Å². The fraction of sp³-hybridized carbons (Fsp3) is 0.415. The minimum Gasteiger partial charge on any atom is -0.445 e. The average Bonchev–Trinajstić information content (AvgIpc) is 3.17. The summed E-state index contributed by atoms with van der Waals surface area (Å²) in [6, 6.07) is 25.4. The Bertz CT molecular complexity index is 1670. The molecule has 3 aliphatic rings. The molecule has 0 radical (unpaired) electrons. The van der Waals surface area contributed by atoms with Crippen LogP contribution in [0.15, 0.2) is 102 Å². The molecular weight excluding hydrogens is 699 g/mol. The van der Waals surface area contributed by atoms with Crippen LogP contribution >= 0.6 is 35.0 Å². The molecule has 0 spiro atoms. The van der Waals surface area contributed by atoms with Crippen LogP contribution in [0.4, 0.5) is 4.79 Å². The van der Waals surface area contributed by atoms with E-state index in [1.807, 2.05) is 59.5 Å². The molecule has 51 heavy (non-hydrogen) atoms. The normalized spacial score (nSPS) is 20.8. The minimum absolute atomic E-state index is 0.0108. The van der Waals surface area contributed by atoms with E-state index in [-0.39, 0.29) is 18.4 Å². The Morgan fingerprint density at radius 3 is 2.35 bits per heavy atom. The monoisotopic (exact) mass is 746 g/mol. The number of hydrogen-bond acceptors (Lipinski definition) is 6. The van der Waals surface area contributed by atoms with Crippen LogP contribution in [0.2, 0.25) is 5.02 Å². The summed E-state index contributed by atoms with van der Waals surface area (Å²) in [7, 11) is 0. The highest BCUT2D eigenvalue weighted by Gasteiger charge is 2.38. The van der Waals surface area contributed by atoms with Gasteiger partial charge in [0.05, 0.1) is 4.87 Å². The van der Waals surface area contributed by atoms with Crippen molar-refractivity contribution in [2.24, 2.45) is 5.92 Å². The third-order valence-electron chi connectivity index (χ3n) is 10.4. The number of likely N-dealkylation sites (tertiary alicyclic amines) is 1. The van der Waals surface area contributed by atoms with Crippen LogP contribution in [-0.4, -0.2) is 89.7 Å². The molecule has 2 heterocycles.